The van der Waals surface area contributed by atoms with Gasteiger partial charge in [-0.05, 0) is 24.3 Å². The fraction of sp³-hybridized carbons (Fsp3) is 0.280. The molecule has 2 aliphatic heterocycles. The highest BCUT2D eigenvalue weighted by molar-refractivity contribution is 6.38. The highest BCUT2D eigenvalue weighted by Crippen LogP contribution is 2.44. The van der Waals surface area contributed by atoms with Crippen molar-refractivity contribution in [1.82, 2.24) is 14.8 Å². The van der Waals surface area contributed by atoms with Crippen molar-refractivity contribution in [2.75, 3.05) is 45.2 Å². The number of pyridine rings is 1. The zero-order valence-electron chi connectivity index (χ0n) is 18.7. The molecule has 5 rings (SSSR count). The number of piperazine rings is 1. The third-order valence-electron chi connectivity index (χ3n) is 6.29. The highest BCUT2D eigenvalue weighted by atomic mass is 16.5. The van der Waals surface area contributed by atoms with E-state index in [1.54, 1.807) is 41.6 Å². The summed E-state index contributed by atoms with van der Waals surface area (Å²) in [7, 11) is 1.51. The number of hydrogen-bond acceptors (Lipinski definition) is 7. The van der Waals surface area contributed by atoms with E-state index < -0.39 is 17.6 Å². The van der Waals surface area contributed by atoms with Gasteiger partial charge in [0.15, 0.2) is 5.76 Å². The summed E-state index contributed by atoms with van der Waals surface area (Å²) < 4.78 is 10.9. The Morgan fingerprint density at radius 1 is 1.03 bits per heavy atom. The Bertz CT molecular complexity index is 1220. The van der Waals surface area contributed by atoms with E-state index in [0.29, 0.717) is 60.2 Å². The molecule has 1 aromatic carbocycles. The molecule has 1 unspecified atom stereocenters. The molecule has 9 heteroatoms. The summed E-state index contributed by atoms with van der Waals surface area (Å²) in [4.78, 5) is 46.7. The molecule has 4 heterocycles. The van der Waals surface area contributed by atoms with Gasteiger partial charge >= 0.3 is 0 Å². The molecule has 9 nitrogen and oxygen atoms in total. The fourth-order valence-electron chi connectivity index (χ4n) is 4.51. The molecule has 1 N–H and O–H groups in total. The van der Waals surface area contributed by atoms with Crippen LogP contribution in [0.5, 0.6) is 5.75 Å². The van der Waals surface area contributed by atoms with Crippen molar-refractivity contribution >= 4 is 23.3 Å². The zero-order chi connectivity index (χ0) is 23.7. The quantitative estimate of drug-likeness (QED) is 0.583. The molecule has 2 aliphatic rings. The summed E-state index contributed by atoms with van der Waals surface area (Å²) in [5.41, 5.74) is 2.43. The Kier molecular flexibility index (Phi) is 5.75. The number of carbonyl (C=O) groups excluding carboxylic acids is 3. The highest BCUT2D eigenvalue weighted by Gasteiger charge is 2.40. The van der Waals surface area contributed by atoms with Crippen LogP contribution in [0.4, 0.5) is 5.69 Å². The van der Waals surface area contributed by atoms with Gasteiger partial charge in [-0.3, -0.25) is 14.4 Å². The lowest BCUT2D eigenvalue weighted by atomic mass is 9.94. The van der Waals surface area contributed by atoms with Crippen LogP contribution in [0, 0.1) is 0 Å². The molecule has 0 bridgehead atoms. The second-order valence-corrected chi connectivity index (χ2v) is 8.19. The van der Waals surface area contributed by atoms with Gasteiger partial charge < -0.3 is 24.3 Å². The average molecular weight is 460 g/mol. The number of nitrogens with one attached hydrogen (secondary N) is 1. The molecule has 3 aromatic rings. The first-order valence-corrected chi connectivity index (χ1v) is 11.1. The van der Waals surface area contributed by atoms with Gasteiger partial charge in [0.1, 0.15) is 11.4 Å². The number of fused-ring (bicyclic) bond motifs is 1. The van der Waals surface area contributed by atoms with Crippen LogP contribution in [-0.4, -0.2) is 72.2 Å². The number of ether oxygens (including phenoxy) is 1. The van der Waals surface area contributed by atoms with E-state index in [0.717, 1.165) is 0 Å². The average Bonchev–Trinajstić information content (AvgIpc) is 3.58. The summed E-state index contributed by atoms with van der Waals surface area (Å²) in [6.45, 7) is 1.63. The number of aromatic nitrogens is 1. The molecule has 0 spiro atoms. The zero-order valence-corrected chi connectivity index (χ0v) is 18.7. The fourth-order valence-corrected chi connectivity index (χ4v) is 4.51. The molecule has 0 radical (unpaired) electrons. The lowest BCUT2D eigenvalue weighted by Crippen LogP contribution is -2.52. The molecule has 0 aliphatic carbocycles. The molecule has 1 saturated heterocycles. The first-order valence-electron chi connectivity index (χ1n) is 11.1. The summed E-state index contributed by atoms with van der Waals surface area (Å²) in [5, 5.41) is 3.21. The number of furan rings is 1. The van der Waals surface area contributed by atoms with Crippen molar-refractivity contribution in [3.63, 3.8) is 0 Å². The topological polar surface area (TPSA) is 105 Å². The van der Waals surface area contributed by atoms with Crippen LogP contribution >= 0.6 is 0 Å². The standard InChI is InChI=1S/C25H24N4O5/c1-33-19-15-27-21(18-8-5-13-34-18)22-20(19)17(14-26-22)23(30)25(32)29-11-9-28(10-12-29)24(31)16-6-3-2-4-7-16/h2-8,13,15,17,26H,9-12,14H2,1H3. The maximum atomic E-state index is 13.3. The number of benzene rings is 1. The Morgan fingerprint density at radius 3 is 2.44 bits per heavy atom. The van der Waals surface area contributed by atoms with E-state index in [1.807, 2.05) is 18.2 Å². The van der Waals surface area contributed by atoms with E-state index in [4.69, 9.17) is 9.15 Å². The third-order valence-corrected chi connectivity index (χ3v) is 6.29. The minimum Gasteiger partial charge on any atom is -0.495 e. The van der Waals surface area contributed by atoms with Gasteiger partial charge in [0.05, 0.1) is 31.2 Å². The monoisotopic (exact) mass is 460 g/mol. The van der Waals surface area contributed by atoms with Crippen LogP contribution in [0.25, 0.3) is 11.5 Å². The van der Waals surface area contributed by atoms with Crippen LogP contribution in [0.15, 0.2) is 59.3 Å². The second-order valence-electron chi connectivity index (χ2n) is 8.19. The Balaban J connectivity index is 1.31. The first-order chi connectivity index (χ1) is 16.6. The molecular weight excluding hydrogens is 436 g/mol. The van der Waals surface area contributed by atoms with Gasteiger partial charge in [0.2, 0.25) is 5.78 Å². The lowest BCUT2D eigenvalue weighted by Gasteiger charge is -2.34. The smallest absolute Gasteiger partial charge is 0.290 e. The van der Waals surface area contributed by atoms with Crippen LogP contribution in [-0.2, 0) is 9.59 Å². The number of amides is 2. The predicted molar refractivity (Wildman–Crippen MR) is 124 cm³/mol. The SMILES string of the molecule is COc1cnc(-c2ccco2)c2c1C(C(=O)C(=O)N1CCN(C(=O)c3ccccc3)CC1)CN2. The summed E-state index contributed by atoms with van der Waals surface area (Å²) in [6.07, 6.45) is 3.10. The molecule has 2 amide bonds. The maximum Gasteiger partial charge on any atom is 0.290 e. The Labute approximate surface area is 196 Å². The van der Waals surface area contributed by atoms with Crippen LogP contribution < -0.4 is 10.1 Å². The van der Waals surface area contributed by atoms with E-state index in [9.17, 15) is 14.4 Å². The van der Waals surface area contributed by atoms with Crippen molar-refractivity contribution < 1.29 is 23.5 Å². The molecule has 1 fully saturated rings. The van der Waals surface area contributed by atoms with Gasteiger partial charge in [-0.1, -0.05) is 18.2 Å². The molecule has 2 aromatic heterocycles. The number of methoxy groups -OCH3 is 1. The van der Waals surface area contributed by atoms with Crippen molar-refractivity contribution in [1.29, 1.82) is 0 Å². The van der Waals surface area contributed by atoms with E-state index in [2.05, 4.69) is 10.3 Å². The minimum atomic E-state index is -0.696. The normalized spacial score (nSPS) is 17.1. The Hall–Kier alpha value is -4.14. The number of hydrogen-bond donors (Lipinski definition) is 1. The van der Waals surface area contributed by atoms with E-state index in [1.165, 1.54) is 12.0 Å². The number of anilines is 1. The van der Waals surface area contributed by atoms with Gasteiger partial charge in [-0.15, -0.1) is 0 Å². The number of Topliss-reactive ketones (excluding diaryl/α,β-unsaturated/α-hetero) is 1. The van der Waals surface area contributed by atoms with Gasteiger partial charge in [-0.2, -0.15) is 0 Å². The van der Waals surface area contributed by atoms with Gasteiger partial charge in [0, 0.05) is 43.9 Å². The van der Waals surface area contributed by atoms with Crippen molar-refractivity contribution in [2.24, 2.45) is 0 Å². The number of carbonyl (C=O) groups is 3. The van der Waals surface area contributed by atoms with E-state index in [-0.39, 0.29) is 12.5 Å². The van der Waals surface area contributed by atoms with Crippen molar-refractivity contribution in [3.8, 4) is 17.2 Å². The molecular formula is C25H24N4O5. The first kappa shape index (κ1) is 21.7. The largest absolute Gasteiger partial charge is 0.495 e. The molecule has 34 heavy (non-hydrogen) atoms. The summed E-state index contributed by atoms with van der Waals surface area (Å²) >= 11 is 0. The maximum absolute atomic E-state index is 13.3. The lowest BCUT2D eigenvalue weighted by molar-refractivity contribution is -0.146. The Morgan fingerprint density at radius 2 is 1.76 bits per heavy atom. The van der Waals surface area contributed by atoms with Crippen LogP contribution in [0.3, 0.4) is 0 Å². The van der Waals surface area contributed by atoms with Crippen LogP contribution in [0.1, 0.15) is 21.8 Å². The molecule has 1 atom stereocenters. The molecule has 0 saturated carbocycles. The van der Waals surface area contributed by atoms with Crippen LogP contribution in [0.2, 0.25) is 0 Å². The third kappa shape index (κ3) is 3.79. The number of ketones is 1. The minimum absolute atomic E-state index is 0.0735. The molecule has 174 valence electrons. The number of rotatable bonds is 5. The van der Waals surface area contributed by atoms with Gasteiger partial charge in [-0.25, -0.2) is 4.98 Å². The van der Waals surface area contributed by atoms with Crippen molar-refractivity contribution in [2.45, 2.75) is 5.92 Å². The van der Waals surface area contributed by atoms with E-state index >= 15 is 0 Å². The summed E-state index contributed by atoms with van der Waals surface area (Å²) in [6, 6.07) is 12.6. The predicted octanol–water partition coefficient (Wildman–Crippen LogP) is 2.41. The second kappa shape index (κ2) is 9.01. The van der Waals surface area contributed by atoms with Gasteiger partial charge in [0.25, 0.3) is 11.8 Å². The number of nitrogens with zero attached hydrogens (tertiary/aromatic N) is 3. The summed E-state index contributed by atoms with van der Waals surface area (Å²) in [5.74, 6) is -0.826. The van der Waals surface area contributed by atoms with Crippen molar-refractivity contribution in [3.05, 3.63) is 66.1 Å².